The quantitative estimate of drug-likeness (QED) is 0.763. The second-order valence-corrected chi connectivity index (χ2v) is 4.36. The Morgan fingerprint density at radius 1 is 1.25 bits per heavy atom. The fourth-order valence-electron chi connectivity index (χ4n) is 2.09. The van der Waals surface area contributed by atoms with Crippen LogP contribution < -0.4 is 4.90 Å². The minimum absolute atomic E-state index is 0.0829. The number of hydrogen-bond acceptors (Lipinski definition) is 4. The Balaban J connectivity index is 2.09. The zero-order chi connectivity index (χ0) is 14.4. The van der Waals surface area contributed by atoms with Crippen LogP contribution in [-0.2, 0) is 18.4 Å². The molecule has 8 heteroatoms. The Kier molecular flexibility index (Phi) is 2.60. The van der Waals surface area contributed by atoms with Gasteiger partial charge in [0, 0.05) is 13.1 Å². The average molecular weight is 278 g/mol. The van der Waals surface area contributed by atoms with Gasteiger partial charge in [0.25, 0.3) is 11.7 Å². The molecular formula is C12H8F2N4O2. The van der Waals surface area contributed by atoms with Crippen LogP contribution in [0.5, 0.6) is 0 Å². The van der Waals surface area contributed by atoms with E-state index in [0.717, 1.165) is 11.0 Å². The number of ketones is 1. The molecule has 2 heterocycles. The molecule has 20 heavy (non-hydrogen) atoms. The number of hydrogen-bond donors (Lipinski definition) is 0. The largest absolute Gasteiger partial charge is 0.319 e. The van der Waals surface area contributed by atoms with Gasteiger partial charge < -0.3 is 4.57 Å². The van der Waals surface area contributed by atoms with E-state index in [-0.39, 0.29) is 12.2 Å². The molecule has 0 aliphatic carbocycles. The number of anilines is 1. The molecule has 0 spiro atoms. The SMILES string of the molecule is Cn1cnnc1CN1C(=O)C(=O)c2c(F)cc(F)cc21. The molecule has 1 aromatic heterocycles. The van der Waals surface area contributed by atoms with Gasteiger partial charge in [0.1, 0.15) is 18.0 Å². The lowest BCUT2D eigenvalue weighted by Crippen LogP contribution is -2.30. The molecule has 0 radical (unpaired) electrons. The van der Waals surface area contributed by atoms with Crippen LogP contribution in [0.1, 0.15) is 16.2 Å². The third-order valence-corrected chi connectivity index (χ3v) is 3.10. The Hall–Kier alpha value is -2.64. The van der Waals surface area contributed by atoms with Crippen molar-refractivity contribution in [2.24, 2.45) is 7.05 Å². The van der Waals surface area contributed by atoms with E-state index in [0.29, 0.717) is 11.9 Å². The summed E-state index contributed by atoms with van der Waals surface area (Å²) in [6.45, 7) is -0.0863. The zero-order valence-corrected chi connectivity index (χ0v) is 10.3. The first-order valence-corrected chi connectivity index (χ1v) is 5.67. The number of rotatable bonds is 2. The van der Waals surface area contributed by atoms with Gasteiger partial charge in [-0.05, 0) is 6.07 Å². The van der Waals surface area contributed by atoms with Crippen LogP contribution in [0, 0.1) is 11.6 Å². The lowest BCUT2D eigenvalue weighted by molar-refractivity contribution is -0.114. The number of fused-ring (bicyclic) bond motifs is 1. The molecule has 0 saturated heterocycles. The van der Waals surface area contributed by atoms with E-state index in [9.17, 15) is 18.4 Å². The van der Waals surface area contributed by atoms with Crippen molar-refractivity contribution in [1.29, 1.82) is 0 Å². The fraction of sp³-hybridized carbons (Fsp3) is 0.167. The summed E-state index contributed by atoms with van der Waals surface area (Å²) in [6, 6.07) is 1.54. The van der Waals surface area contributed by atoms with E-state index in [2.05, 4.69) is 10.2 Å². The van der Waals surface area contributed by atoms with Gasteiger partial charge >= 0.3 is 0 Å². The summed E-state index contributed by atoms with van der Waals surface area (Å²) in [7, 11) is 1.66. The summed E-state index contributed by atoms with van der Waals surface area (Å²) < 4.78 is 28.5. The number of aryl methyl sites for hydroxylation is 1. The van der Waals surface area contributed by atoms with Crippen LogP contribution in [0.25, 0.3) is 0 Å². The van der Waals surface area contributed by atoms with Crippen molar-refractivity contribution in [3.8, 4) is 0 Å². The minimum atomic E-state index is -1.04. The molecule has 1 aliphatic heterocycles. The zero-order valence-electron chi connectivity index (χ0n) is 10.3. The Bertz CT molecular complexity index is 741. The normalized spacial score (nSPS) is 14.1. The van der Waals surface area contributed by atoms with Gasteiger partial charge in [-0.15, -0.1) is 10.2 Å². The van der Waals surface area contributed by atoms with Crippen molar-refractivity contribution in [1.82, 2.24) is 14.8 Å². The van der Waals surface area contributed by atoms with Gasteiger partial charge in [0.2, 0.25) is 0 Å². The van der Waals surface area contributed by atoms with Crippen molar-refractivity contribution >= 4 is 17.4 Å². The van der Waals surface area contributed by atoms with Crippen LogP contribution >= 0.6 is 0 Å². The number of benzene rings is 1. The second kappa shape index (κ2) is 4.19. The maximum Gasteiger partial charge on any atom is 0.300 e. The molecule has 2 aromatic rings. The first-order valence-electron chi connectivity index (χ1n) is 5.67. The van der Waals surface area contributed by atoms with Crippen LogP contribution in [0.15, 0.2) is 18.5 Å². The molecule has 1 aliphatic rings. The topological polar surface area (TPSA) is 68.1 Å². The van der Waals surface area contributed by atoms with E-state index in [1.54, 1.807) is 11.6 Å². The summed E-state index contributed by atoms with van der Waals surface area (Å²) in [5.74, 6) is -3.40. The van der Waals surface area contributed by atoms with E-state index in [1.165, 1.54) is 6.33 Å². The smallest absolute Gasteiger partial charge is 0.300 e. The number of carbonyl (C=O) groups is 2. The summed E-state index contributed by atoms with van der Waals surface area (Å²) in [5, 5.41) is 7.42. The highest BCUT2D eigenvalue weighted by molar-refractivity contribution is 6.52. The molecule has 102 valence electrons. The van der Waals surface area contributed by atoms with Gasteiger partial charge in [-0.25, -0.2) is 8.78 Å². The van der Waals surface area contributed by atoms with E-state index >= 15 is 0 Å². The number of aromatic nitrogens is 3. The van der Waals surface area contributed by atoms with Crippen molar-refractivity contribution < 1.29 is 18.4 Å². The average Bonchev–Trinajstić information content (AvgIpc) is 2.87. The van der Waals surface area contributed by atoms with Crippen LogP contribution in [-0.4, -0.2) is 26.5 Å². The molecule has 0 unspecified atom stereocenters. The monoisotopic (exact) mass is 278 g/mol. The predicted molar refractivity (Wildman–Crippen MR) is 62.9 cm³/mol. The third-order valence-electron chi connectivity index (χ3n) is 3.10. The number of carbonyl (C=O) groups excluding carboxylic acids is 2. The molecule has 1 amide bonds. The van der Waals surface area contributed by atoms with Crippen LogP contribution in [0.3, 0.4) is 0 Å². The third kappa shape index (κ3) is 1.68. The van der Waals surface area contributed by atoms with Gasteiger partial charge in [-0.2, -0.15) is 0 Å². The van der Waals surface area contributed by atoms with Gasteiger partial charge in [-0.3, -0.25) is 14.5 Å². The Labute approximate surface area is 111 Å². The minimum Gasteiger partial charge on any atom is -0.319 e. The summed E-state index contributed by atoms with van der Waals surface area (Å²) in [4.78, 5) is 24.6. The van der Waals surface area contributed by atoms with Gasteiger partial charge in [0.15, 0.2) is 5.82 Å². The van der Waals surface area contributed by atoms with Gasteiger partial charge in [0.05, 0.1) is 17.8 Å². The van der Waals surface area contributed by atoms with Gasteiger partial charge in [-0.1, -0.05) is 0 Å². The molecule has 1 aromatic carbocycles. The Morgan fingerprint density at radius 3 is 2.65 bits per heavy atom. The lowest BCUT2D eigenvalue weighted by Gasteiger charge is -2.15. The van der Waals surface area contributed by atoms with E-state index in [4.69, 9.17) is 0 Å². The number of halogens is 2. The van der Waals surface area contributed by atoms with Crippen molar-refractivity contribution in [3.05, 3.63) is 41.5 Å². The number of amides is 1. The highest BCUT2D eigenvalue weighted by atomic mass is 19.1. The van der Waals surface area contributed by atoms with Crippen LogP contribution in [0.4, 0.5) is 14.5 Å². The molecule has 0 saturated carbocycles. The Morgan fingerprint density at radius 2 is 2.00 bits per heavy atom. The van der Waals surface area contributed by atoms with Crippen molar-refractivity contribution in [2.45, 2.75) is 6.54 Å². The maximum atomic E-state index is 13.6. The summed E-state index contributed by atoms with van der Waals surface area (Å²) in [6.07, 6.45) is 1.42. The molecule has 3 rings (SSSR count). The first kappa shape index (κ1) is 12.4. The number of Topliss-reactive ketones (excluding diaryl/α,β-unsaturated/α-hetero) is 1. The summed E-state index contributed by atoms with van der Waals surface area (Å²) >= 11 is 0. The molecule has 0 bridgehead atoms. The molecule has 6 nitrogen and oxygen atoms in total. The van der Waals surface area contributed by atoms with Crippen molar-refractivity contribution in [3.63, 3.8) is 0 Å². The van der Waals surface area contributed by atoms with E-state index < -0.39 is 28.9 Å². The standard InChI is InChI=1S/C12H8F2N4O2/c1-17-5-15-16-9(17)4-18-8-3-6(13)2-7(14)10(8)11(19)12(18)20/h2-3,5H,4H2,1H3. The molecule has 0 fully saturated rings. The fourth-order valence-corrected chi connectivity index (χ4v) is 2.09. The highest BCUT2D eigenvalue weighted by Gasteiger charge is 2.39. The number of nitrogens with zero attached hydrogens (tertiary/aromatic N) is 4. The molecule has 0 N–H and O–H groups in total. The lowest BCUT2D eigenvalue weighted by atomic mass is 10.1. The highest BCUT2D eigenvalue weighted by Crippen LogP contribution is 2.32. The van der Waals surface area contributed by atoms with Crippen molar-refractivity contribution in [2.75, 3.05) is 4.90 Å². The maximum absolute atomic E-state index is 13.6. The second-order valence-electron chi connectivity index (χ2n) is 4.36. The molecular weight excluding hydrogens is 270 g/mol. The van der Waals surface area contributed by atoms with Crippen LogP contribution in [0.2, 0.25) is 0 Å². The summed E-state index contributed by atoms with van der Waals surface area (Å²) in [5.41, 5.74) is -0.487. The first-order chi connectivity index (χ1) is 9.49. The van der Waals surface area contributed by atoms with E-state index in [1.807, 2.05) is 0 Å². The molecule has 0 atom stereocenters. The predicted octanol–water partition coefficient (Wildman–Crippen LogP) is 0.823.